The van der Waals surface area contributed by atoms with Crippen molar-refractivity contribution in [3.63, 3.8) is 0 Å². The molecular weight excluding hydrogens is 395 g/mol. The Labute approximate surface area is 161 Å². The topological polar surface area (TPSA) is 68.0 Å². The molecule has 28 heavy (non-hydrogen) atoms. The fraction of sp³-hybridized carbons (Fsp3) is 0.316. The standard InChI is InChI=1S/C19H13ClF3N3O2/c20-11-1-2-12-13(6-11)28-16(25-12)17-7-18(8-17,9-17)26-15(27)10-3-4-24-14(5-10)19(21,22)23/h1-6H,7-9H2,(H,26,27). The predicted molar refractivity (Wildman–Crippen MR) is 94.0 cm³/mol. The van der Waals surface area contributed by atoms with Gasteiger partial charge in [-0.3, -0.25) is 9.78 Å². The maximum atomic E-state index is 12.8. The molecule has 2 heterocycles. The zero-order valence-corrected chi connectivity index (χ0v) is 15.1. The van der Waals surface area contributed by atoms with E-state index in [9.17, 15) is 18.0 Å². The number of nitrogens with zero attached hydrogens (tertiary/aromatic N) is 2. The molecule has 0 radical (unpaired) electrons. The van der Waals surface area contributed by atoms with Gasteiger partial charge in [-0.25, -0.2) is 4.98 Å². The zero-order valence-electron chi connectivity index (χ0n) is 14.3. The Morgan fingerprint density at radius 2 is 1.93 bits per heavy atom. The summed E-state index contributed by atoms with van der Waals surface area (Å²) in [7, 11) is 0. The minimum atomic E-state index is -4.59. The lowest BCUT2D eigenvalue weighted by Crippen LogP contribution is -2.76. The number of oxazole rings is 1. The number of aromatic nitrogens is 2. The van der Waals surface area contributed by atoms with E-state index in [1.54, 1.807) is 18.2 Å². The summed E-state index contributed by atoms with van der Waals surface area (Å²) in [5.41, 5.74) is -0.456. The SMILES string of the molecule is O=C(NC12CC(c3nc4ccc(Cl)cc4o3)(C1)C2)c1ccnc(C(F)(F)F)c1. The van der Waals surface area contributed by atoms with Crippen LogP contribution in [0.5, 0.6) is 0 Å². The third kappa shape index (κ3) is 2.58. The Balaban J connectivity index is 1.30. The molecule has 2 bridgehead atoms. The molecule has 144 valence electrons. The van der Waals surface area contributed by atoms with E-state index in [4.69, 9.17) is 16.0 Å². The van der Waals surface area contributed by atoms with Crippen LogP contribution in [0.4, 0.5) is 13.2 Å². The van der Waals surface area contributed by atoms with Crippen molar-refractivity contribution in [2.75, 3.05) is 0 Å². The molecule has 9 heteroatoms. The van der Waals surface area contributed by atoms with Crippen LogP contribution in [-0.4, -0.2) is 21.4 Å². The lowest BCUT2D eigenvalue weighted by Gasteiger charge is -2.68. The van der Waals surface area contributed by atoms with Gasteiger partial charge in [0.2, 0.25) is 5.89 Å². The zero-order chi connectivity index (χ0) is 19.7. The number of fused-ring (bicyclic) bond motifs is 1. The van der Waals surface area contributed by atoms with E-state index in [2.05, 4.69) is 15.3 Å². The van der Waals surface area contributed by atoms with Gasteiger partial charge in [-0.05, 0) is 43.5 Å². The molecule has 0 saturated heterocycles. The van der Waals surface area contributed by atoms with E-state index in [-0.39, 0.29) is 11.0 Å². The summed E-state index contributed by atoms with van der Waals surface area (Å²) in [6.07, 6.45) is -1.67. The number of amides is 1. The number of alkyl halides is 3. The van der Waals surface area contributed by atoms with Crippen molar-refractivity contribution in [1.82, 2.24) is 15.3 Å². The highest BCUT2D eigenvalue weighted by Gasteiger charge is 2.71. The van der Waals surface area contributed by atoms with E-state index in [1.165, 1.54) is 6.07 Å². The number of rotatable bonds is 3. The molecule has 1 aromatic carbocycles. The van der Waals surface area contributed by atoms with E-state index in [0.717, 1.165) is 17.8 Å². The normalized spacial score (nSPS) is 25.9. The number of pyridine rings is 1. The highest BCUT2D eigenvalue weighted by Crippen LogP contribution is 2.67. The highest BCUT2D eigenvalue weighted by molar-refractivity contribution is 6.31. The molecule has 1 amide bonds. The minimum Gasteiger partial charge on any atom is -0.440 e. The average Bonchev–Trinajstić information content (AvgIpc) is 2.98. The second kappa shape index (κ2) is 5.47. The van der Waals surface area contributed by atoms with Crippen LogP contribution in [0, 0.1) is 0 Å². The number of carbonyl (C=O) groups excluding carboxylic acids is 1. The maximum Gasteiger partial charge on any atom is 0.433 e. The number of benzene rings is 1. The molecule has 2 aromatic heterocycles. The van der Waals surface area contributed by atoms with Crippen LogP contribution in [-0.2, 0) is 11.6 Å². The fourth-order valence-corrected chi connectivity index (χ4v) is 4.47. The summed E-state index contributed by atoms with van der Waals surface area (Å²) in [5, 5.41) is 3.43. The first-order valence-electron chi connectivity index (χ1n) is 8.61. The quantitative estimate of drug-likeness (QED) is 0.694. The summed E-state index contributed by atoms with van der Waals surface area (Å²) in [5.74, 6) is 0.0784. The summed E-state index contributed by atoms with van der Waals surface area (Å²) < 4.78 is 44.2. The van der Waals surface area contributed by atoms with Crippen LogP contribution in [0.2, 0.25) is 5.02 Å². The number of hydrogen-bond donors (Lipinski definition) is 1. The molecule has 3 fully saturated rings. The van der Waals surface area contributed by atoms with Crippen molar-refractivity contribution in [1.29, 1.82) is 0 Å². The van der Waals surface area contributed by atoms with E-state index < -0.39 is 23.3 Å². The van der Waals surface area contributed by atoms with Crippen LogP contribution in [0.1, 0.15) is 41.2 Å². The van der Waals surface area contributed by atoms with Crippen molar-refractivity contribution in [2.45, 2.75) is 36.4 Å². The number of nitrogens with one attached hydrogen (secondary N) is 1. The highest BCUT2D eigenvalue weighted by atomic mass is 35.5. The number of hydrogen-bond acceptors (Lipinski definition) is 4. The summed E-state index contributed by atoms with van der Waals surface area (Å²) in [6.45, 7) is 0. The van der Waals surface area contributed by atoms with Crippen LogP contribution in [0.3, 0.4) is 0 Å². The van der Waals surface area contributed by atoms with Gasteiger partial charge in [0.25, 0.3) is 5.91 Å². The molecule has 0 spiro atoms. The maximum absolute atomic E-state index is 12.8. The Hall–Kier alpha value is -2.61. The van der Waals surface area contributed by atoms with Crippen LogP contribution < -0.4 is 5.32 Å². The molecule has 0 unspecified atom stereocenters. The van der Waals surface area contributed by atoms with Crippen LogP contribution >= 0.6 is 11.6 Å². The molecule has 0 atom stereocenters. The fourth-order valence-electron chi connectivity index (χ4n) is 4.31. The first-order valence-corrected chi connectivity index (χ1v) is 8.98. The van der Waals surface area contributed by atoms with E-state index in [1.807, 2.05) is 0 Å². The molecular formula is C19H13ClF3N3O2. The summed E-state index contributed by atoms with van der Waals surface area (Å²) in [4.78, 5) is 20.2. The Morgan fingerprint density at radius 3 is 2.64 bits per heavy atom. The van der Waals surface area contributed by atoms with Gasteiger partial charge < -0.3 is 9.73 Å². The Kier molecular flexibility index (Phi) is 3.42. The van der Waals surface area contributed by atoms with Crippen molar-refractivity contribution < 1.29 is 22.4 Å². The van der Waals surface area contributed by atoms with Gasteiger partial charge in [0.05, 0.1) is 5.41 Å². The molecule has 3 aliphatic carbocycles. The van der Waals surface area contributed by atoms with Gasteiger partial charge in [-0.15, -0.1) is 0 Å². The third-order valence-corrected chi connectivity index (χ3v) is 5.76. The lowest BCUT2D eigenvalue weighted by atomic mass is 9.39. The molecule has 6 rings (SSSR count). The smallest absolute Gasteiger partial charge is 0.433 e. The van der Waals surface area contributed by atoms with Gasteiger partial charge in [-0.1, -0.05) is 11.6 Å². The van der Waals surface area contributed by atoms with Crippen LogP contribution in [0.25, 0.3) is 11.1 Å². The number of carbonyl (C=O) groups is 1. The largest absolute Gasteiger partial charge is 0.440 e. The molecule has 0 aliphatic heterocycles. The van der Waals surface area contributed by atoms with E-state index in [0.29, 0.717) is 35.8 Å². The van der Waals surface area contributed by atoms with E-state index >= 15 is 0 Å². The third-order valence-electron chi connectivity index (χ3n) is 5.53. The van der Waals surface area contributed by atoms with Gasteiger partial charge in [0.15, 0.2) is 5.58 Å². The van der Waals surface area contributed by atoms with Gasteiger partial charge in [-0.2, -0.15) is 13.2 Å². The second-order valence-corrected chi connectivity index (χ2v) is 8.04. The minimum absolute atomic E-state index is 0.0578. The number of halogens is 4. The average molecular weight is 408 g/mol. The van der Waals surface area contributed by atoms with Crippen molar-refractivity contribution in [3.8, 4) is 0 Å². The Morgan fingerprint density at radius 1 is 1.18 bits per heavy atom. The van der Waals surface area contributed by atoms with Crippen molar-refractivity contribution in [2.24, 2.45) is 0 Å². The van der Waals surface area contributed by atoms with Gasteiger partial charge in [0.1, 0.15) is 11.2 Å². The molecule has 1 N–H and O–H groups in total. The first kappa shape index (κ1) is 17.5. The van der Waals surface area contributed by atoms with Crippen molar-refractivity contribution in [3.05, 3.63) is 58.7 Å². The van der Waals surface area contributed by atoms with Gasteiger partial charge >= 0.3 is 6.18 Å². The van der Waals surface area contributed by atoms with Crippen LogP contribution in [0.15, 0.2) is 40.9 Å². The monoisotopic (exact) mass is 407 g/mol. The van der Waals surface area contributed by atoms with Gasteiger partial charge in [0, 0.05) is 28.4 Å². The molecule has 5 nitrogen and oxygen atoms in total. The lowest BCUT2D eigenvalue weighted by molar-refractivity contribution is -0.141. The Bertz CT molecular complexity index is 1110. The predicted octanol–water partition coefficient (Wildman–Crippen LogP) is 4.50. The summed E-state index contributed by atoms with van der Waals surface area (Å²) >= 11 is 5.97. The molecule has 3 aliphatic rings. The summed E-state index contributed by atoms with van der Waals surface area (Å²) in [6, 6.07) is 7.27. The van der Waals surface area contributed by atoms with Crippen molar-refractivity contribution >= 4 is 28.6 Å². The second-order valence-electron chi connectivity index (χ2n) is 7.60. The first-order chi connectivity index (χ1) is 13.2. The molecule has 3 aromatic rings. The molecule has 3 saturated carbocycles.